The SMILES string of the molecule is CCCNc1ncc(Br)c(OC2CCCCCC2)n1. The monoisotopic (exact) mass is 327 g/mol. The Labute approximate surface area is 123 Å². The van der Waals surface area contributed by atoms with Gasteiger partial charge in [0.2, 0.25) is 11.8 Å². The molecule has 1 aliphatic carbocycles. The van der Waals surface area contributed by atoms with Crippen molar-refractivity contribution in [1.82, 2.24) is 9.97 Å². The lowest BCUT2D eigenvalue weighted by Gasteiger charge is -2.17. The van der Waals surface area contributed by atoms with Crippen molar-refractivity contribution in [2.45, 2.75) is 58.0 Å². The first-order valence-corrected chi connectivity index (χ1v) is 8.02. The molecule has 2 rings (SSSR count). The summed E-state index contributed by atoms with van der Waals surface area (Å²) in [4.78, 5) is 8.68. The average molecular weight is 328 g/mol. The van der Waals surface area contributed by atoms with Gasteiger partial charge in [-0.15, -0.1) is 0 Å². The van der Waals surface area contributed by atoms with Gasteiger partial charge in [-0.05, 0) is 48.0 Å². The van der Waals surface area contributed by atoms with Gasteiger partial charge in [0.25, 0.3) is 0 Å². The molecule has 1 aromatic heterocycles. The Hall–Kier alpha value is -0.840. The van der Waals surface area contributed by atoms with E-state index in [-0.39, 0.29) is 0 Å². The predicted octanol–water partition coefficient (Wildman–Crippen LogP) is 4.16. The van der Waals surface area contributed by atoms with Gasteiger partial charge in [0.05, 0.1) is 10.7 Å². The summed E-state index contributed by atoms with van der Waals surface area (Å²) in [5, 5.41) is 3.19. The summed E-state index contributed by atoms with van der Waals surface area (Å²) in [5.74, 6) is 1.31. The minimum Gasteiger partial charge on any atom is -0.473 e. The van der Waals surface area contributed by atoms with Crippen molar-refractivity contribution in [2.75, 3.05) is 11.9 Å². The molecule has 0 spiro atoms. The summed E-state index contributed by atoms with van der Waals surface area (Å²) in [5.41, 5.74) is 0. The lowest BCUT2D eigenvalue weighted by atomic mass is 10.1. The van der Waals surface area contributed by atoms with E-state index in [4.69, 9.17) is 4.74 Å². The summed E-state index contributed by atoms with van der Waals surface area (Å²) in [6.07, 6.45) is 10.6. The Morgan fingerprint density at radius 1 is 1.32 bits per heavy atom. The average Bonchev–Trinajstić information content (AvgIpc) is 2.68. The summed E-state index contributed by atoms with van der Waals surface area (Å²) in [6.45, 7) is 3.00. The van der Waals surface area contributed by atoms with Crippen LogP contribution in [0.15, 0.2) is 10.7 Å². The van der Waals surface area contributed by atoms with E-state index in [9.17, 15) is 0 Å². The van der Waals surface area contributed by atoms with Gasteiger partial charge in [0, 0.05) is 6.54 Å². The number of halogens is 1. The Bertz CT molecular complexity index is 392. The molecule has 1 heterocycles. The van der Waals surface area contributed by atoms with Crippen LogP contribution in [-0.4, -0.2) is 22.6 Å². The number of hydrogen-bond acceptors (Lipinski definition) is 4. The first-order valence-electron chi connectivity index (χ1n) is 7.22. The molecule has 0 atom stereocenters. The number of anilines is 1. The second kappa shape index (κ2) is 7.68. The zero-order valence-corrected chi connectivity index (χ0v) is 13.1. The summed E-state index contributed by atoms with van der Waals surface area (Å²) >= 11 is 3.47. The molecule has 1 saturated carbocycles. The third-order valence-corrected chi connectivity index (χ3v) is 3.87. The van der Waals surface area contributed by atoms with Crippen molar-refractivity contribution in [3.63, 3.8) is 0 Å². The largest absolute Gasteiger partial charge is 0.473 e. The topological polar surface area (TPSA) is 47.0 Å². The third-order valence-electron chi connectivity index (χ3n) is 3.33. The molecule has 1 aromatic rings. The van der Waals surface area contributed by atoms with Crippen LogP contribution in [0.1, 0.15) is 51.9 Å². The second-order valence-corrected chi connectivity index (χ2v) is 5.86. The molecule has 106 valence electrons. The van der Waals surface area contributed by atoms with Crippen LogP contribution in [-0.2, 0) is 0 Å². The third kappa shape index (κ3) is 4.64. The van der Waals surface area contributed by atoms with E-state index in [1.165, 1.54) is 25.7 Å². The van der Waals surface area contributed by atoms with Crippen molar-refractivity contribution in [3.05, 3.63) is 10.7 Å². The molecule has 4 nitrogen and oxygen atoms in total. The van der Waals surface area contributed by atoms with Gasteiger partial charge in [-0.1, -0.05) is 19.8 Å². The highest BCUT2D eigenvalue weighted by atomic mass is 79.9. The number of nitrogens with one attached hydrogen (secondary N) is 1. The minimum absolute atomic E-state index is 0.299. The van der Waals surface area contributed by atoms with Crippen LogP contribution in [0.25, 0.3) is 0 Å². The first kappa shape index (κ1) is 14.6. The highest BCUT2D eigenvalue weighted by molar-refractivity contribution is 9.10. The highest BCUT2D eigenvalue weighted by Gasteiger charge is 2.16. The smallest absolute Gasteiger partial charge is 0.233 e. The van der Waals surface area contributed by atoms with Crippen molar-refractivity contribution in [3.8, 4) is 5.88 Å². The molecule has 0 amide bonds. The Morgan fingerprint density at radius 3 is 2.74 bits per heavy atom. The molecule has 1 fully saturated rings. The van der Waals surface area contributed by atoms with E-state index < -0.39 is 0 Å². The van der Waals surface area contributed by atoms with E-state index in [1.54, 1.807) is 6.20 Å². The molecule has 0 aromatic carbocycles. The lowest BCUT2D eigenvalue weighted by Crippen LogP contribution is -2.17. The van der Waals surface area contributed by atoms with Crippen LogP contribution in [0.5, 0.6) is 5.88 Å². The predicted molar refractivity (Wildman–Crippen MR) is 80.6 cm³/mol. The maximum absolute atomic E-state index is 6.05. The van der Waals surface area contributed by atoms with Crippen molar-refractivity contribution >= 4 is 21.9 Å². The van der Waals surface area contributed by atoms with E-state index in [2.05, 4.69) is 38.1 Å². The van der Waals surface area contributed by atoms with E-state index >= 15 is 0 Å². The van der Waals surface area contributed by atoms with Crippen LogP contribution in [0.2, 0.25) is 0 Å². The molecule has 19 heavy (non-hydrogen) atoms. The molecule has 0 unspecified atom stereocenters. The maximum Gasteiger partial charge on any atom is 0.233 e. The van der Waals surface area contributed by atoms with E-state index in [0.29, 0.717) is 17.9 Å². The molecule has 5 heteroatoms. The van der Waals surface area contributed by atoms with E-state index in [0.717, 1.165) is 30.3 Å². The van der Waals surface area contributed by atoms with Crippen LogP contribution in [0.3, 0.4) is 0 Å². The molecule has 1 N–H and O–H groups in total. The molecule has 1 aliphatic rings. The minimum atomic E-state index is 0.299. The van der Waals surface area contributed by atoms with Gasteiger partial charge in [-0.3, -0.25) is 0 Å². The zero-order chi connectivity index (χ0) is 13.5. The van der Waals surface area contributed by atoms with Crippen molar-refractivity contribution in [2.24, 2.45) is 0 Å². The number of nitrogens with zero attached hydrogens (tertiary/aromatic N) is 2. The molecule has 0 saturated heterocycles. The molecule has 0 aliphatic heterocycles. The fourth-order valence-electron chi connectivity index (χ4n) is 2.27. The fraction of sp³-hybridized carbons (Fsp3) is 0.714. The van der Waals surface area contributed by atoms with Crippen LogP contribution < -0.4 is 10.1 Å². The number of ether oxygens (including phenoxy) is 1. The normalized spacial score (nSPS) is 16.9. The van der Waals surface area contributed by atoms with Crippen LogP contribution >= 0.6 is 15.9 Å². The van der Waals surface area contributed by atoms with Gasteiger partial charge in [-0.25, -0.2) is 4.98 Å². The molecule has 0 radical (unpaired) electrons. The Kier molecular flexibility index (Phi) is 5.89. The number of aromatic nitrogens is 2. The maximum atomic E-state index is 6.05. The summed E-state index contributed by atoms with van der Waals surface area (Å²) in [7, 11) is 0. The van der Waals surface area contributed by atoms with Gasteiger partial charge >= 0.3 is 0 Å². The Morgan fingerprint density at radius 2 is 2.05 bits per heavy atom. The van der Waals surface area contributed by atoms with E-state index in [1.807, 2.05) is 0 Å². The first-order chi connectivity index (χ1) is 9.29. The summed E-state index contributed by atoms with van der Waals surface area (Å²) < 4.78 is 6.88. The highest BCUT2D eigenvalue weighted by Crippen LogP contribution is 2.27. The second-order valence-electron chi connectivity index (χ2n) is 5.00. The van der Waals surface area contributed by atoms with Gasteiger partial charge < -0.3 is 10.1 Å². The number of hydrogen-bond donors (Lipinski definition) is 1. The van der Waals surface area contributed by atoms with Gasteiger partial charge in [-0.2, -0.15) is 4.98 Å². The van der Waals surface area contributed by atoms with Gasteiger partial charge in [0.1, 0.15) is 6.10 Å². The molecular weight excluding hydrogens is 306 g/mol. The Balaban J connectivity index is 2.00. The fourth-order valence-corrected chi connectivity index (χ4v) is 2.56. The quantitative estimate of drug-likeness (QED) is 0.825. The standard InChI is InChI=1S/C14H22BrN3O/c1-2-9-16-14-17-10-12(15)13(18-14)19-11-7-5-3-4-6-8-11/h10-11H,2-9H2,1H3,(H,16,17,18). The van der Waals surface area contributed by atoms with Crippen molar-refractivity contribution < 1.29 is 4.74 Å². The van der Waals surface area contributed by atoms with Crippen LogP contribution in [0.4, 0.5) is 5.95 Å². The molecular formula is C14H22BrN3O. The zero-order valence-electron chi connectivity index (χ0n) is 11.5. The van der Waals surface area contributed by atoms with Crippen molar-refractivity contribution in [1.29, 1.82) is 0 Å². The van der Waals surface area contributed by atoms with Gasteiger partial charge in [0.15, 0.2) is 0 Å². The lowest BCUT2D eigenvalue weighted by molar-refractivity contribution is 0.175. The van der Waals surface area contributed by atoms with Crippen LogP contribution in [0, 0.1) is 0 Å². The summed E-state index contributed by atoms with van der Waals surface area (Å²) in [6, 6.07) is 0. The number of rotatable bonds is 5. The molecule has 0 bridgehead atoms.